The average Bonchev–Trinajstić information content (AvgIpc) is 3.33. The largest absolute Gasteiger partial charge is 0.483 e. The van der Waals surface area contributed by atoms with Crippen LogP contribution in [0.15, 0.2) is 83.3 Å². The van der Waals surface area contributed by atoms with Gasteiger partial charge in [-0.2, -0.15) is 5.10 Å². The molecule has 0 spiro atoms. The van der Waals surface area contributed by atoms with E-state index in [1.807, 2.05) is 42.5 Å². The molecule has 0 radical (unpaired) electrons. The second-order valence-corrected chi connectivity index (χ2v) is 8.74. The van der Waals surface area contributed by atoms with Crippen molar-refractivity contribution in [2.24, 2.45) is 5.10 Å². The lowest BCUT2D eigenvalue weighted by Crippen LogP contribution is -2.24. The van der Waals surface area contributed by atoms with Gasteiger partial charge >= 0.3 is 0 Å². The van der Waals surface area contributed by atoms with Crippen LogP contribution in [0.5, 0.6) is 5.75 Å². The van der Waals surface area contributed by atoms with E-state index in [1.54, 1.807) is 12.1 Å². The summed E-state index contributed by atoms with van der Waals surface area (Å²) in [5.41, 5.74) is 4.27. The number of imidazole rings is 1. The lowest BCUT2D eigenvalue weighted by Gasteiger charge is -2.07. The van der Waals surface area contributed by atoms with Gasteiger partial charge in [-0.1, -0.05) is 28.1 Å². The van der Waals surface area contributed by atoms with Crippen molar-refractivity contribution >= 4 is 66.8 Å². The summed E-state index contributed by atoms with van der Waals surface area (Å²) in [7, 11) is 0. The van der Waals surface area contributed by atoms with E-state index in [9.17, 15) is 4.79 Å². The first-order valence-corrected chi connectivity index (χ1v) is 11.1. The van der Waals surface area contributed by atoms with Crippen LogP contribution in [0.4, 0.5) is 0 Å². The van der Waals surface area contributed by atoms with E-state index in [0.29, 0.717) is 16.6 Å². The molecule has 2 aromatic carbocycles. The second kappa shape index (κ2) is 9.50. The zero-order valence-corrected chi connectivity index (χ0v) is 19.3. The molecule has 2 N–H and O–H groups in total. The van der Waals surface area contributed by atoms with Crippen LogP contribution in [-0.4, -0.2) is 28.7 Å². The van der Waals surface area contributed by atoms with Crippen LogP contribution in [0.25, 0.3) is 11.0 Å². The number of ether oxygens (including phenoxy) is 1. The molecule has 0 fully saturated rings. The summed E-state index contributed by atoms with van der Waals surface area (Å²) in [6.45, 7) is -0.164. The number of aromatic amines is 1. The summed E-state index contributed by atoms with van der Waals surface area (Å²) < 4.78 is 12.8. The highest BCUT2D eigenvalue weighted by atomic mass is 79.9. The number of halogens is 2. The van der Waals surface area contributed by atoms with Crippen molar-refractivity contribution in [3.63, 3.8) is 0 Å². The molecule has 0 saturated carbocycles. The molecule has 0 bridgehead atoms. The summed E-state index contributed by atoms with van der Waals surface area (Å²) >= 11 is 8.11. The number of aromatic nitrogens is 2. The van der Waals surface area contributed by atoms with Crippen molar-refractivity contribution in [2.75, 3.05) is 6.61 Å². The number of nitrogens with zero attached hydrogens (tertiary/aromatic N) is 2. The van der Waals surface area contributed by atoms with E-state index in [1.165, 1.54) is 18.0 Å². The third-order valence-corrected chi connectivity index (χ3v) is 5.72. The Balaban J connectivity index is 1.28. The summed E-state index contributed by atoms with van der Waals surface area (Å²) in [5, 5.41) is 5.29. The van der Waals surface area contributed by atoms with Gasteiger partial charge in [-0.25, -0.2) is 10.4 Å². The number of fused-ring (bicyclic) bond motifs is 1. The first-order valence-electron chi connectivity index (χ1n) is 8.69. The SMILES string of the molecule is O=C(COc1ccc(Br)cc1Br)N/N=C/c1ccc(Sc2nc3ccccc3[nH]2)o1. The van der Waals surface area contributed by atoms with Crippen LogP contribution in [-0.2, 0) is 4.79 Å². The van der Waals surface area contributed by atoms with Gasteiger partial charge in [0.05, 0.1) is 21.7 Å². The molecular formula is C20H14Br2N4O3S. The molecule has 10 heteroatoms. The molecule has 0 saturated heterocycles. The Hall–Kier alpha value is -2.56. The quantitative estimate of drug-likeness (QED) is 0.239. The molecule has 4 aromatic rings. The second-order valence-electron chi connectivity index (χ2n) is 5.97. The Kier molecular flexibility index (Phi) is 6.56. The summed E-state index contributed by atoms with van der Waals surface area (Å²) in [4.78, 5) is 19.6. The molecule has 0 aliphatic carbocycles. The fourth-order valence-electron chi connectivity index (χ4n) is 2.47. The van der Waals surface area contributed by atoms with Crippen LogP contribution < -0.4 is 10.2 Å². The van der Waals surface area contributed by atoms with Crippen molar-refractivity contribution in [2.45, 2.75) is 10.2 Å². The fourth-order valence-corrected chi connectivity index (χ4v) is 4.40. The molecule has 30 heavy (non-hydrogen) atoms. The average molecular weight is 550 g/mol. The first kappa shape index (κ1) is 20.7. The number of hydrazone groups is 1. The van der Waals surface area contributed by atoms with Gasteiger partial charge in [0.25, 0.3) is 5.91 Å². The van der Waals surface area contributed by atoms with Crippen LogP contribution in [0.1, 0.15) is 5.76 Å². The van der Waals surface area contributed by atoms with E-state index in [4.69, 9.17) is 9.15 Å². The Morgan fingerprint density at radius 1 is 1.23 bits per heavy atom. The normalized spacial score (nSPS) is 11.3. The molecule has 4 rings (SSSR count). The minimum Gasteiger partial charge on any atom is -0.483 e. The molecule has 0 aliphatic rings. The van der Waals surface area contributed by atoms with Crippen molar-refractivity contribution in [3.05, 3.63) is 69.3 Å². The lowest BCUT2D eigenvalue weighted by molar-refractivity contribution is -0.123. The number of H-pyrrole nitrogens is 1. The molecule has 0 unspecified atom stereocenters. The standard InChI is InChI=1S/C20H14Br2N4O3S/c21-12-5-7-17(14(22)9-12)28-11-18(27)26-23-10-13-6-8-19(29-13)30-20-24-15-3-1-2-4-16(15)25-20/h1-10H,11H2,(H,24,25)(H,26,27)/b23-10+. The van der Waals surface area contributed by atoms with E-state index in [0.717, 1.165) is 25.1 Å². The van der Waals surface area contributed by atoms with Gasteiger partial charge in [-0.05, 0) is 70.2 Å². The van der Waals surface area contributed by atoms with Gasteiger partial charge in [0.15, 0.2) is 16.9 Å². The molecular weight excluding hydrogens is 536 g/mol. The smallest absolute Gasteiger partial charge is 0.277 e. The van der Waals surface area contributed by atoms with Crippen molar-refractivity contribution in [1.82, 2.24) is 15.4 Å². The van der Waals surface area contributed by atoms with E-state index in [-0.39, 0.29) is 12.5 Å². The Labute approximate surface area is 192 Å². The van der Waals surface area contributed by atoms with Gasteiger partial charge in [-0.3, -0.25) is 4.79 Å². The highest BCUT2D eigenvalue weighted by Gasteiger charge is 2.08. The van der Waals surface area contributed by atoms with E-state index >= 15 is 0 Å². The van der Waals surface area contributed by atoms with E-state index < -0.39 is 0 Å². The summed E-state index contributed by atoms with van der Waals surface area (Å²) in [6.07, 6.45) is 1.43. The minimum absolute atomic E-state index is 0.164. The van der Waals surface area contributed by atoms with Crippen LogP contribution in [0.3, 0.4) is 0 Å². The highest BCUT2D eigenvalue weighted by Crippen LogP contribution is 2.29. The maximum absolute atomic E-state index is 11.9. The van der Waals surface area contributed by atoms with Crippen LogP contribution in [0.2, 0.25) is 0 Å². The van der Waals surface area contributed by atoms with E-state index in [2.05, 4.69) is 52.4 Å². The van der Waals surface area contributed by atoms with Gasteiger partial charge in [-0.15, -0.1) is 0 Å². The summed E-state index contributed by atoms with van der Waals surface area (Å²) in [5.74, 6) is 0.686. The van der Waals surface area contributed by atoms with Gasteiger partial charge in [0.1, 0.15) is 11.5 Å². The Bertz CT molecular complexity index is 1190. The van der Waals surface area contributed by atoms with Crippen molar-refractivity contribution < 1.29 is 13.9 Å². The number of rotatable bonds is 7. The first-order chi connectivity index (χ1) is 14.6. The minimum atomic E-state index is -0.385. The van der Waals surface area contributed by atoms with Crippen LogP contribution in [0, 0.1) is 0 Å². The fraction of sp³-hybridized carbons (Fsp3) is 0.0500. The zero-order chi connectivity index (χ0) is 20.9. The molecule has 2 aromatic heterocycles. The Morgan fingerprint density at radius 2 is 2.10 bits per heavy atom. The predicted octanol–water partition coefficient (Wildman–Crippen LogP) is 5.36. The van der Waals surface area contributed by atoms with Gasteiger partial charge in [0, 0.05) is 4.47 Å². The molecule has 152 valence electrons. The van der Waals surface area contributed by atoms with Crippen LogP contribution >= 0.6 is 43.6 Å². The third-order valence-electron chi connectivity index (χ3n) is 3.80. The number of para-hydroxylation sites is 2. The number of nitrogens with one attached hydrogen (secondary N) is 2. The number of hydrogen-bond donors (Lipinski definition) is 2. The van der Waals surface area contributed by atoms with Crippen molar-refractivity contribution in [1.29, 1.82) is 0 Å². The maximum Gasteiger partial charge on any atom is 0.277 e. The number of carbonyl (C=O) groups excluding carboxylic acids is 1. The number of hydrogen-bond acceptors (Lipinski definition) is 6. The number of furan rings is 1. The van der Waals surface area contributed by atoms with Crippen molar-refractivity contribution in [3.8, 4) is 5.75 Å². The topological polar surface area (TPSA) is 92.5 Å². The summed E-state index contributed by atoms with van der Waals surface area (Å²) in [6, 6.07) is 16.8. The van der Waals surface area contributed by atoms with Gasteiger partial charge in [0.2, 0.25) is 0 Å². The molecule has 0 aliphatic heterocycles. The molecule has 7 nitrogen and oxygen atoms in total. The lowest BCUT2D eigenvalue weighted by atomic mass is 10.3. The maximum atomic E-state index is 11.9. The number of amides is 1. The molecule has 1 amide bonds. The Morgan fingerprint density at radius 3 is 2.93 bits per heavy atom. The zero-order valence-electron chi connectivity index (χ0n) is 15.3. The number of carbonyl (C=O) groups is 1. The highest BCUT2D eigenvalue weighted by molar-refractivity contribution is 9.11. The monoisotopic (exact) mass is 548 g/mol. The number of benzene rings is 2. The van der Waals surface area contributed by atoms with Gasteiger partial charge < -0.3 is 14.1 Å². The predicted molar refractivity (Wildman–Crippen MR) is 122 cm³/mol. The molecule has 2 heterocycles. The molecule has 0 atom stereocenters. The third kappa shape index (κ3) is 5.32.